The van der Waals surface area contributed by atoms with Crippen molar-refractivity contribution in [2.24, 2.45) is 0 Å². The third-order valence-corrected chi connectivity index (χ3v) is 6.04. The number of unbranched alkanes of at least 4 members (excludes halogenated alkanes) is 1. The quantitative estimate of drug-likeness (QED) is 0.543. The number of rotatable bonds is 9. The number of aromatic amines is 1. The molecule has 0 bridgehead atoms. The number of hydrogen-bond acceptors (Lipinski definition) is 3. The van der Waals surface area contributed by atoms with Crippen molar-refractivity contribution in [3.63, 3.8) is 0 Å². The van der Waals surface area contributed by atoms with Gasteiger partial charge < -0.3 is 15.2 Å². The monoisotopic (exact) mass is 447 g/mol. The molecule has 0 aliphatic carbocycles. The number of aryl methyl sites for hydroxylation is 2. The number of nitrogens with one attached hydrogen (secondary N) is 2. The number of pyridine rings is 1. The fourth-order valence-corrected chi connectivity index (χ4v) is 4.12. The van der Waals surface area contributed by atoms with Crippen molar-refractivity contribution in [3.05, 3.63) is 61.0 Å². The molecule has 0 saturated heterocycles. The molecule has 5 heteroatoms. The summed E-state index contributed by atoms with van der Waals surface area (Å²) in [6, 6.07) is 6.90. The molecule has 2 N–H and O–H groups in total. The minimum atomic E-state index is 0.00105. The summed E-state index contributed by atoms with van der Waals surface area (Å²) >= 11 is 3.68. The second-order valence-electron chi connectivity index (χ2n) is 7.86. The Morgan fingerprint density at radius 3 is 2.54 bits per heavy atom. The van der Waals surface area contributed by atoms with Crippen molar-refractivity contribution in [1.82, 2.24) is 10.3 Å². The van der Waals surface area contributed by atoms with Crippen LogP contribution in [0.1, 0.15) is 61.1 Å². The highest BCUT2D eigenvalue weighted by Gasteiger charge is 2.15. The Morgan fingerprint density at radius 1 is 1.18 bits per heavy atom. The van der Waals surface area contributed by atoms with Crippen LogP contribution in [-0.2, 0) is 13.1 Å². The van der Waals surface area contributed by atoms with Crippen LogP contribution in [0.5, 0.6) is 0 Å². The number of hydrogen-bond donors (Lipinski definition) is 2. The van der Waals surface area contributed by atoms with E-state index in [1.165, 1.54) is 36.1 Å². The first-order valence-corrected chi connectivity index (χ1v) is 11.0. The van der Waals surface area contributed by atoms with Gasteiger partial charge in [-0.3, -0.25) is 4.79 Å². The summed E-state index contributed by atoms with van der Waals surface area (Å²) in [5.41, 5.74) is 6.55. The second-order valence-corrected chi connectivity index (χ2v) is 8.77. The van der Waals surface area contributed by atoms with Crippen molar-refractivity contribution >= 4 is 21.6 Å². The van der Waals surface area contributed by atoms with E-state index in [1.807, 2.05) is 19.9 Å². The molecule has 0 aliphatic rings. The van der Waals surface area contributed by atoms with Crippen molar-refractivity contribution in [3.8, 4) is 0 Å². The summed E-state index contributed by atoms with van der Waals surface area (Å²) in [6.45, 7) is 11.9. The van der Waals surface area contributed by atoms with Gasteiger partial charge in [0, 0.05) is 47.6 Å². The predicted molar refractivity (Wildman–Crippen MR) is 123 cm³/mol. The van der Waals surface area contributed by atoms with Crippen LogP contribution < -0.4 is 15.8 Å². The number of H-pyrrole nitrogens is 1. The van der Waals surface area contributed by atoms with Crippen molar-refractivity contribution in [2.75, 3.05) is 11.9 Å². The van der Waals surface area contributed by atoms with Crippen molar-refractivity contribution < 1.29 is 0 Å². The third-order valence-electron chi connectivity index (χ3n) is 5.58. The smallest absolute Gasteiger partial charge is 0.252 e. The summed E-state index contributed by atoms with van der Waals surface area (Å²) in [4.78, 5) is 17.5. The molecule has 0 amide bonds. The first kappa shape index (κ1) is 22.7. The summed E-state index contributed by atoms with van der Waals surface area (Å²) in [5.74, 6) is 0. The number of halogens is 1. The number of anilines is 1. The van der Waals surface area contributed by atoms with Crippen molar-refractivity contribution in [2.45, 2.75) is 73.0 Å². The van der Waals surface area contributed by atoms with E-state index in [4.69, 9.17) is 0 Å². The van der Waals surface area contributed by atoms with Crippen LogP contribution in [-0.4, -0.2) is 18.1 Å². The third kappa shape index (κ3) is 5.71. The van der Waals surface area contributed by atoms with Gasteiger partial charge in [0.2, 0.25) is 0 Å². The fourth-order valence-electron chi connectivity index (χ4n) is 3.62. The highest BCUT2D eigenvalue weighted by molar-refractivity contribution is 9.10. The standard InChI is InChI=1S/C23H34BrN3O/c1-7-8-9-17(4)27(6)22-12-20(24)11-19(18(22)5)13-25-14-21-15(2)10-16(3)26-23(21)28/h10-12,17,25H,7-9,13-14H2,1-6H3,(H,26,28). The van der Waals surface area contributed by atoms with Crippen molar-refractivity contribution in [1.29, 1.82) is 0 Å². The predicted octanol–water partition coefficient (Wildman–Crippen LogP) is 5.37. The minimum absolute atomic E-state index is 0.00105. The Labute approximate surface area is 177 Å². The Morgan fingerprint density at radius 2 is 1.89 bits per heavy atom. The molecule has 0 radical (unpaired) electrons. The molecule has 1 aromatic carbocycles. The topological polar surface area (TPSA) is 48.1 Å². The van der Waals surface area contributed by atoms with Gasteiger partial charge in [-0.1, -0.05) is 35.7 Å². The van der Waals surface area contributed by atoms with E-state index in [0.717, 1.165) is 27.8 Å². The van der Waals surface area contributed by atoms with Gasteiger partial charge in [0.25, 0.3) is 5.56 Å². The Balaban J connectivity index is 2.14. The lowest BCUT2D eigenvalue weighted by molar-refractivity contribution is 0.586. The van der Waals surface area contributed by atoms with Crippen LogP contribution in [0.3, 0.4) is 0 Å². The molecular weight excluding hydrogens is 414 g/mol. The Hall–Kier alpha value is -1.59. The zero-order chi connectivity index (χ0) is 20.8. The maximum Gasteiger partial charge on any atom is 0.252 e. The molecule has 0 saturated carbocycles. The SMILES string of the molecule is CCCCC(C)N(C)c1cc(Br)cc(CNCc2c(C)cc(C)[nH]c2=O)c1C. The first-order chi connectivity index (χ1) is 13.2. The van der Waals surface area contributed by atoms with Crippen LogP contribution >= 0.6 is 15.9 Å². The number of aromatic nitrogens is 1. The van der Waals surface area contributed by atoms with Gasteiger partial charge >= 0.3 is 0 Å². The highest BCUT2D eigenvalue weighted by Crippen LogP contribution is 2.29. The molecule has 28 heavy (non-hydrogen) atoms. The van der Waals surface area contributed by atoms with E-state index in [1.54, 1.807) is 0 Å². The lowest BCUT2D eigenvalue weighted by Gasteiger charge is -2.30. The molecule has 0 spiro atoms. The molecule has 154 valence electrons. The van der Waals surface area contributed by atoms with E-state index >= 15 is 0 Å². The molecule has 1 atom stereocenters. The molecule has 1 heterocycles. The molecule has 1 unspecified atom stereocenters. The molecule has 1 aromatic heterocycles. The van der Waals surface area contributed by atoms with Gasteiger partial charge in [-0.15, -0.1) is 0 Å². The average Bonchev–Trinajstić information content (AvgIpc) is 2.63. The van der Waals surface area contributed by atoms with Gasteiger partial charge in [-0.25, -0.2) is 0 Å². The number of benzene rings is 1. The molecule has 0 aliphatic heterocycles. The van der Waals surface area contributed by atoms with Gasteiger partial charge in [0.05, 0.1) is 0 Å². The average molecular weight is 448 g/mol. The van der Waals surface area contributed by atoms with E-state index in [0.29, 0.717) is 12.6 Å². The Bertz CT molecular complexity index is 860. The zero-order valence-corrected chi connectivity index (χ0v) is 19.7. The van der Waals surface area contributed by atoms with E-state index < -0.39 is 0 Å². The Kier molecular flexibility index (Phi) is 8.32. The normalized spacial score (nSPS) is 12.2. The van der Waals surface area contributed by atoms with Crippen LogP contribution in [0.2, 0.25) is 0 Å². The van der Waals surface area contributed by atoms with E-state index in [-0.39, 0.29) is 5.56 Å². The molecule has 2 aromatic rings. The van der Waals surface area contributed by atoms with Gasteiger partial charge in [-0.05, 0) is 69.0 Å². The lowest BCUT2D eigenvalue weighted by Crippen LogP contribution is -2.30. The van der Waals surface area contributed by atoms with Crippen LogP contribution in [0.4, 0.5) is 5.69 Å². The summed E-state index contributed by atoms with van der Waals surface area (Å²) in [5, 5.41) is 3.46. The second kappa shape index (κ2) is 10.3. The maximum atomic E-state index is 12.2. The van der Waals surface area contributed by atoms with E-state index in [9.17, 15) is 4.79 Å². The van der Waals surface area contributed by atoms with Gasteiger partial charge in [-0.2, -0.15) is 0 Å². The number of nitrogens with zero attached hydrogens (tertiary/aromatic N) is 1. The molecule has 4 nitrogen and oxygen atoms in total. The molecule has 0 fully saturated rings. The van der Waals surface area contributed by atoms with Crippen LogP contribution in [0.15, 0.2) is 27.5 Å². The maximum absolute atomic E-state index is 12.2. The van der Waals surface area contributed by atoms with Crippen LogP contribution in [0, 0.1) is 20.8 Å². The summed E-state index contributed by atoms with van der Waals surface area (Å²) in [7, 11) is 2.18. The van der Waals surface area contributed by atoms with E-state index in [2.05, 4.69) is 71.1 Å². The summed E-state index contributed by atoms with van der Waals surface area (Å²) in [6.07, 6.45) is 3.67. The minimum Gasteiger partial charge on any atom is -0.372 e. The lowest BCUT2D eigenvalue weighted by atomic mass is 10.0. The zero-order valence-electron chi connectivity index (χ0n) is 18.1. The largest absolute Gasteiger partial charge is 0.372 e. The molecular formula is C23H34BrN3O. The first-order valence-electron chi connectivity index (χ1n) is 10.2. The van der Waals surface area contributed by atoms with Crippen LogP contribution in [0.25, 0.3) is 0 Å². The van der Waals surface area contributed by atoms with Gasteiger partial charge in [0.15, 0.2) is 0 Å². The fraction of sp³-hybridized carbons (Fsp3) is 0.522. The van der Waals surface area contributed by atoms with Gasteiger partial charge in [0.1, 0.15) is 0 Å². The summed E-state index contributed by atoms with van der Waals surface area (Å²) < 4.78 is 1.09. The molecule has 2 rings (SSSR count). The highest BCUT2D eigenvalue weighted by atomic mass is 79.9.